The second-order valence-corrected chi connectivity index (χ2v) is 6.14. The molecule has 7 heteroatoms. The standard InChI is InChI=1S/C18H17F3N2O2/c1-11-6-7-12(9-22-11)17(25)23-10-13(24)8-16(23)14-4-2-3-5-15(14)18(19,20)21/h2-7,9,13,16,24H,8,10H2,1H3/t13-,16-/m0/s1. The number of aliphatic hydroxyl groups excluding tert-OH is 1. The van der Waals surface area contributed by atoms with Gasteiger partial charge in [0.15, 0.2) is 0 Å². The van der Waals surface area contributed by atoms with Crippen LogP contribution in [0.5, 0.6) is 0 Å². The van der Waals surface area contributed by atoms with Gasteiger partial charge in [-0.25, -0.2) is 0 Å². The van der Waals surface area contributed by atoms with Gasteiger partial charge in [-0.1, -0.05) is 18.2 Å². The summed E-state index contributed by atoms with van der Waals surface area (Å²) in [5.74, 6) is -0.439. The van der Waals surface area contributed by atoms with Crippen LogP contribution < -0.4 is 0 Å². The predicted octanol–water partition coefficient (Wildman–Crippen LogP) is 3.36. The van der Waals surface area contributed by atoms with Crippen molar-refractivity contribution in [2.24, 2.45) is 0 Å². The van der Waals surface area contributed by atoms with Crippen LogP contribution in [0.3, 0.4) is 0 Å². The summed E-state index contributed by atoms with van der Waals surface area (Å²) in [6, 6.07) is 7.59. The number of carbonyl (C=O) groups is 1. The zero-order chi connectivity index (χ0) is 18.2. The van der Waals surface area contributed by atoms with Crippen LogP contribution in [0.1, 0.15) is 39.6 Å². The number of alkyl halides is 3. The van der Waals surface area contributed by atoms with Crippen molar-refractivity contribution in [2.75, 3.05) is 6.54 Å². The van der Waals surface area contributed by atoms with Crippen LogP contribution in [0.15, 0.2) is 42.6 Å². The van der Waals surface area contributed by atoms with Crippen LogP contribution in [0.4, 0.5) is 13.2 Å². The molecule has 0 unspecified atom stereocenters. The van der Waals surface area contributed by atoms with E-state index in [9.17, 15) is 23.1 Å². The van der Waals surface area contributed by atoms with Gasteiger partial charge in [0.1, 0.15) is 0 Å². The van der Waals surface area contributed by atoms with E-state index in [1.807, 2.05) is 0 Å². The van der Waals surface area contributed by atoms with Gasteiger partial charge in [0.05, 0.1) is 23.3 Å². The van der Waals surface area contributed by atoms with Crippen LogP contribution in [-0.4, -0.2) is 33.5 Å². The number of pyridine rings is 1. The highest BCUT2D eigenvalue weighted by Gasteiger charge is 2.41. The summed E-state index contributed by atoms with van der Waals surface area (Å²) >= 11 is 0. The first-order chi connectivity index (χ1) is 11.8. The lowest BCUT2D eigenvalue weighted by Gasteiger charge is -2.27. The molecule has 0 bridgehead atoms. The third kappa shape index (κ3) is 3.51. The maximum Gasteiger partial charge on any atom is 0.416 e. The molecule has 1 fully saturated rings. The molecule has 0 radical (unpaired) electrons. The van der Waals surface area contributed by atoms with E-state index in [1.54, 1.807) is 19.1 Å². The van der Waals surface area contributed by atoms with Gasteiger partial charge >= 0.3 is 6.18 Å². The van der Waals surface area contributed by atoms with Crippen molar-refractivity contribution in [1.82, 2.24) is 9.88 Å². The van der Waals surface area contributed by atoms with Crippen molar-refractivity contribution in [3.63, 3.8) is 0 Å². The molecule has 1 aliphatic rings. The Bertz CT molecular complexity index is 775. The molecule has 1 aromatic heterocycles. The molecule has 3 rings (SSSR count). The lowest BCUT2D eigenvalue weighted by atomic mass is 9.97. The summed E-state index contributed by atoms with van der Waals surface area (Å²) < 4.78 is 40.0. The molecule has 1 aliphatic heterocycles. The van der Waals surface area contributed by atoms with E-state index in [2.05, 4.69) is 4.98 Å². The van der Waals surface area contributed by atoms with Gasteiger partial charge in [0.25, 0.3) is 5.91 Å². The minimum absolute atomic E-state index is 0.0000270. The molecule has 2 aromatic rings. The second kappa shape index (κ2) is 6.48. The van der Waals surface area contributed by atoms with Gasteiger partial charge in [-0.3, -0.25) is 9.78 Å². The summed E-state index contributed by atoms with van der Waals surface area (Å²) in [5, 5.41) is 9.97. The lowest BCUT2D eigenvalue weighted by Crippen LogP contribution is -2.32. The molecule has 1 aromatic carbocycles. The Kier molecular flexibility index (Phi) is 4.51. The first kappa shape index (κ1) is 17.4. The molecular formula is C18H17F3N2O2. The van der Waals surface area contributed by atoms with Crippen LogP contribution in [0.2, 0.25) is 0 Å². The SMILES string of the molecule is Cc1ccc(C(=O)N2C[C@@H](O)C[C@H]2c2ccccc2C(F)(F)F)cn1. The van der Waals surface area contributed by atoms with Gasteiger partial charge in [0, 0.05) is 18.4 Å². The molecular weight excluding hydrogens is 333 g/mol. The smallest absolute Gasteiger partial charge is 0.391 e. The van der Waals surface area contributed by atoms with Crippen LogP contribution in [0.25, 0.3) is 0 Å². The van der Waals surface area contributed by atoms with Crippen molar-refractivity contribution in [2.45, 2.75) is 31.7 Å². The van der Waals surface area contributed by atoms with Gasteiger partial charge in [-0.05, 0) is 37.1 Å². The summed E-state index contributed by atoms with van der Waals surface area (Å²) in [6.07, 6.45) is -3.93. The van der Waals surface area contributed by atoms with Crippen molar-refractivity contribution < 1.29 is 23.1 Å². The highest BCUT2D eigenvalue weighted by atomic mass is 19.4. The fraction of sp³-hybridized carbons (Fsp3) is 0.333. The summed E-state index contributed by atoms with van der Waals surface area (Å²) in [6.45, 7) is 1.76. The average molecular weight is 350 g/mol. The fourth-order valence-corrected chi connectivity index (χ4v) is 3.14. The predicted molar refractivity (Wildman–Crippen MR) is 84.8 cm³/mol. The van der Waals surface area contributed by atoms with Gasteiger partial charge in [-0.2, -0.15) is 13.2 Å². The highest BCUT2D eigenvalue weighted by Crippen LogP contribution is 2.40. The van der Waals surface area contributed by atoms with Crippen LogP contribution in [-0.2, 0) is 6.18 Å². The molecule has 1 amide bonds. The Morgan fingerprint density at radius 2 is 1.96 bits per heavy atom. The van der Waals surface area contributed by atoms with Crippen molar-refractivity contribution >= 4 is 5.91 Å². The lowest BCUT2D eigenvalue weighted by molar-refractivity contribution is -0.138. The van der Waals surface area contributed by atoms with E-state index in [0.29, 0.717) is 0 Å². The molecule has 0 spiro atoms. The van der Waals surface area contributed by atoms with Gasteiger partial charge in [-0.15, -0.1) is 0 Å². The number of aryl methyl sites for hydroxylation is 1. The van der Waals surface area contributed by atoms with E-state index >= 15 is 0 Å². The number of hydrogen-bond donors (Lipinski definition) is 1. The molecule has 4 nitrogen and oxygen atoms in total. The van der Waals surface area contributed by atoms with E-state index in [0.717, 1.165) is 11.8 Å². The highest BCUT2D eigenvalue weighted by molar-refractivity contribution is 5.94. The monoisotopic (exact) mass is 350 g/mol. The number of benzene rings is 1. The summed E-state index contributed by atoms with van der Waals surface area (Å²) in [5.41, 5.74) is 0.236. The third-order valence-electron chi connectivity index (χ3n) is 4.32. The maximum absolute atomic E-state index is 13.3. The molecule has 2 heterocycles. The number of hydrogen-bond acceptors (Lipinski definition) is 3. The number of nitrogens with zero attached hydrogens (tertiary/aromatic N) is 2. The van der Waals surface area contributed by atoms with E-state index < -0.39 is 29.8 Å². The quantitative estimate of drug-likeness (QED) is 0.904. The van der Waals surface area contributed by atoms with E-state index in [1.165, 1.54) is 29.3 Å². The van der Waals surface area contributed by atoms with Crippen molar-refractivity contribution in [3.8, 4) is 0 Å². The van der Waals surface area contributed by atoms with E-state index in [4.69, 9.17) is 0 Å². The minimum Gasteiger partial charge on any atom is -0.391 e. The number of rotatable bonds is 2. The topological polar surface area (TPSA) is 53.4 Å². The summed E-state index contributed by atoms with van der Waals surface area (Å²) in [7, 11) is 0. The Balaban J connectivity index is 1.98. The minimum atomic E-state index is -4.52. The second-order valence-electron chi connectivity index (χ2n) is 6.14. The first-order valence-corrected chi connectivity index (χ1v) is 7.85. The van der Waals surface area contributed by atoms with E-state index in [-0.39, 0.29) is 24.1 Å². The largest absolute Gasteiger partial charge is 0.416 e. The van der Waals surface area contributed by atoms with Gasteiger partial charge in [0.2, 0.25) is 0 Å². The average Bonchev–Trinajstić information content (AvgIpc) is 2.96. The third-order valence-corrected chi connectivity index (χ3v) is 4.32. The fourth-order valence-electron chi connectivity index (χ4n) is 3.14. The number of aliphatic hydroxyl groups is 1. The Hall–Kier alpha value is -2.41. The van der Waals surface area contributed by atoms with Crippen molar-refractivity contribution in [1.29, 1.82) is 0 Å². The molecule has 0 saturated carbocycles. The number of amides is 1. The normalized spacial score (nSPS) is 20.8. The molecule has 0 aliphatic carbocycles. The van der Waals surface area contributed by atoms with Crippen molar-refractivity contribution in [3.05, 3.63) is 65.0 Å². The number of carbonyl (C=O) groups excluding carboxylic acids is 1. The molecule has 1 N–H and O–H groups in total. The number of likely N-dealkylation sites (tertiary alicyclic amines) is 1. The number of aromatic nitrogens is 1. The summed E-state index contributed by atoms with van der Waals surface area (Å²) in [4.78, 5) is 18.1. The zero-order valence-corrected chi connectivity index (χ0v) is 13.5. The first-order valence-electron chi connectivity index (χ1n) is 7.85. The molecule has 1 saturated heterocycles. The molecule has 2 atom stereocenters. The zero-order valence-electron chi connectivity index (χ0n) is 13.5. The Morgan fingerprint density at radius 1 is 1.24 bits per heavy atom. The maximum atomic E-state index is 13.3. The van der Waals surface area contributed by atoms with Gasteiger partial charge < -0.3 is 10.0 Å². The molecule has 25 heavy (non-hydrogen) atoms. The number of halogens is 3. The number of β-amino-alcohol motifs (C(OH)–C–C–N with tert-alkyl or cyclic N) is 1. The molecule has 132 valence electrons. The van der Waals surface area contributed by atoms with Crippen LogP contribution >= 0.6 is 0 Å². The van der Waals surface area contributed by atoms with Crippen LogP contribution in [0, 0.1) is 6.92 Å². The Morgan fingerprint density at radius 3 is 2.60 bits per heavy atom. The Labute approximate surface area is 142 Å².